The van der Waals surface area contributed by atoms with Gasteiger partial charge in [0.2, 0.25) is 0 Å². The van der Waals surface area contributed by atoms with Gasteiger partial charge in [0.05, 0.1) is 12.2 Å². The predicted octanol–water partition coefficient (Wildman–Crippen LogP) is 2.75. The van der Waals surface area contributed by atoms with Crippen LogP contribution in [-0.2, 0) is 4.74 Å². The van der Waals surface area contributed by atoms with Crippen LogP contribution in [0.25, 0.3) is 0 Å². The summed E-state index contributed by atoms with van der Waals surface area (Å²) in [4.78, 5) is 11.9. The number of hydrogen-bond donors (Lipinski definition) is 2. The zero-order valence-corrected chi connectivity index (χ0v) is 12.0. The first kappa shape index (κ1) is 14.1. The van der Waals surface area contributed by atoms with Crippen LogP contribution in [0.2, 0.25) is 0 Å². The number of hydrogen-bond acceptors (Lipinski definition) is 5. The van der Waals surface area contributed by atoms with Crippen molar-refractivity contribution >= 4 is 29.1 Å². The average molecular weight is 280 g/mol. The fourth-order valence-corrected chi connectivity index (χ4v) is 3.32. The lowest BCUT2D eigenvalue weighted by atomic mass is 10.1. The molecule has 1 fully saturated rings. The topological polar surface area (TPSA) is 64.3 Å². The quantitative estimate of drug-likeness (QED) is 0.641. The highest BCUT2D eigenvalue weighted by Gasteiger charge is 2.17. The summed E-state index contributed by atoms with van der Waals surface area (Å²) in [6.45, 7) is 3.04. The Bertz CT molecular complexity index is 445. The van der Waals surface area contributed by atoms with Crippen molar-refractivity contribution in [2.45, 2.75) is 25.0 Å². The molecule has 1 aromatic rings. The van der Waals surface area contributed by atoms with Crippen LogP contribution in [0.15, 0.2) is 18.2 Å². The Morgan fingerprint density at radius 2 is 2.42 bits per heavy atom. The molecule has 3 N–H and O–H groups in total. The minimum atomic E-state index is -0.323. The van der Waals surface area contributed by atoms with E-state index >= 15 is 0 Å². The molecule has 1 aliphatic rings. The number of nitrogens with one attached hydrogen (secondary N) is 1. The van der Waals surface area contributed by atoms with Crippen molar-refractivity contribution in [3.63, 3.8) is 0 Å². The van der Waals surface area contributed by atoms with E-state index in [1.54, 1.807) is 19.1 Å². The Hall–Kier alpha value is -1.36. The molecule has 2 rings (SSSR count). The second kappa shape index (κ2) is 6.70. The Kier molecular flexibility index (Phi) is 4.96. The van der Waals surface area contributed by atoms with Crippen LogP contribution in [0.1, 0.15) is 30.1 Å². The van der Waals surface area contributed by atoms with E-state index < -0.39 is 0 Å². The van der Waals surface area contributed by atoms with E-state index in [-0.39, 0.29) is 5.97 Å². The van der Waals surface area contributed by atoms with Crippen LogP contribution >= 0.6 is 11.8 Å². The fraction of sp³-hybridized carbons (Fsp3) is 0.500. The SMILES string of the molecule is CCOC(=O)c1cc(N)ccc1NCC1CCCS1. The summed E-state index contributed by atoms with van der Waals surface area (Å²) in [5.41, 5.74) is 7.64. The molecule has 0 radical (unpaired) electrons. The fourth-order valence-electron chi connectivity index (χ4n) is 2.12. The van der Waals surface area contributed by atoms with Crippen molar-refractivity contribution in [1.29, 1.82) is 0 Å². The Morgan fingerprint density at radius 3 is 3.11 bits per heavy atom. The standard InChI is InChI=1S/C14H20N2O2S/c1-2-18-14(17)12-8-10(15)5-6-13(12)16-9-11-4-3-7-19-11/h5-6,8,11,16H,2-4,7,9,15H2,1H3. The van der Waals surface area contributed by atoms with E-state index in [1.165, 1.54) is 18.6 Å². The Morgan fingerprint density at radius 1 is 1.58 bits per heavy atom. The van der Waals surface area contributed by atoms with Crippen LogP contribution in [0.3, 0.4) is 0 Å². The number of carbonyl (C=O) groups is 1. The molecule has 5 heteroatoms. The van der Waals surface area contributed by atoms with Gasteiger partial charge in [0.1, 0.15) is 0 Å². The monoisotopic (exact) mass is 280 g/mol. The molecule has 1 atom stereocenters. The molecular formula is C14H20N2O2S. The molecule has 104 valence electrons. The minimum Gasteiger partial charge on any atom is -0.462 e. The third kappa shape index (κ3) is 3.80. The van der Waals surface area contributed by atoms with Crippen LogP contribution in [0, 0.1) is 0 Å². The van der Waals surface area contributed by atoms with E-state index in [0.717, 1.165) is 12.2 Å². The van der Waals surface area contributed by atoms with Crippen molar-refractivity contribution in [1.82, 2.24) is 0 Å². The molecule has 0 saturated carbocycles. The maximum atomic E-state index is 11.9. The third-order valence-electron chi connectivity index (χ3n) is 3.08. The third-order valence-corrected chi connectivity index (χ3v) is 4.48. The number of carbonyl (C=O) groups excluding carboxylic acids is 1. The van der Waals surface area contributed by atoms with Crippen molar-refractivity contribution in [3.05, 3.63) is 23.8 Å². The van der Waals surface area contributed by atoms with Crippen molar-refractivity contribution in [2.24, 2.45) is 0 Å². The second-order valence-electron chi connectivity index (χ2n) is 4.54. The first-order valence-electron chi connectivity index (χ1n) is 6.63. The van der Waals surface area contributed by atoms with Gasteiger partial charge < -0.3 is 15.8 Å². The largest absolute Gasteiger partial charge is 0.462 e. The molecule has 0 bridgehead atoms. The molecule has 0 spiro atoms. The highest BCUT2D eigenvalue weighted by molar-refractivity contribution is 8.00. The number of esters is 1. The summed E-state index contributed by atoms with van der Waals surface area (Å²) in [5.74, 6) is 0.912. The molecule has 1 aliphatic heterocycles. The molecule has 1 aromatic carbocycles. The number of anilines is 2. The first-order chi connectivity index (χ1) is 9.20. The lowest BCUT2D eigenvalue weighted by Crippen LogP contribution is -2.16. The lowest BCUT2D eigenvalue weighted by molar-refractivity contribution is 0.0527. The van der Waals surface area contributed by atoms with Gasteiger partial charge in [0, 0.05) is 23.2 Å². The zero-order valence-electron chi connectivity index (χ0n) is 11.1. The zero-order chi connectivity index (χ0) is 13.7. The van der Waals surface area contributed by atoms with E-state index in [4.69, 9.17) is 10.5 Å². The first-order valence-corrected chi connectivity index (χ1v) is 7.67. The molecule has 0 amide bonds. The van der Waals surface area contributed by atoms with Crippen molar-refractivity contribution < 1.29 is 9.53 Å². The number of thioether (sulfide) groups is 1. The highest BCUT2D eigenvalue weighted by atomic mass is 32.2. The Balaban J connectivity index is 2.07. The van der Waals surface area contributed by atoms with Gasteiger partial charge in [0.15, 0.2) is 0 Å². The van der Waals surface area contributed by atoms with Crippen molar-refractivity contribution in [2.75, 3.05) is 30.0 Å². The normalized spacial score (nSPS) is 18.3. The van der Waals surface area contributed by atoms with E-state index in [0.29, 0.717) is 23.1 Å². The van der Waals surface area contributed by atoms with Gasteiger partial charge in [-0.25, -0.2) is 4.79 Å². The van der Waals surface area contributed by atoms with Gasteiger partial charge in [-0.15, -0.1) is 0 Å². The van der Waals surface area contributed by atoms with Gasteiger partial charge in [-0.3, -0.25) is 0 Å². The minimum absolute atomic E-state index is 0.323. The summed E-state index contributed by atoms with van der Waals surface area (Å²) in [5, 5.41) is 3.98. The van der Waals surface area contributed by atoms with E-state index in [9.17, 15) is 4.79 Å². The molecule has 1 unspecified atom stereocenters. The number of nitrogen functional groups attached to an aromatic ring is 1. The van der Waals surface area contributed by atoms with Crippen LogP contribution in [-0.4, -0.2) is 30.1 Å². The summed E-state index contributed by atoms with van der Waals surface area (Å²) >= 11 is 1.99. The van der Waals surface area contributed by atoms with Gasteiger partial charge in [-0.2, -0.15) is 11.8 Å². The average Bonchev–Trinajstić information content (AvgIpc) is 2.90. The lowest BCUT2D eigenvalue weighted by Gasteiger charge is -2.14. The summed E-state index contributed by atoms with van der Waals surface area (Å²) in [6.07, 6.45) is 2.52. The molecule has 1 heterocycles. The van der Waals surface area contributed by atoms with Gasteiger partial charge in [0.25, 0.3) is 0 Å². The van der Waals surface area contributed by atoms with E-state index in [2.05, 4.69) is 5.32 Å². The van der Waals surface area contributed by atoms with Crippen molar-refractivity contribution in [3.8, 4) is 0 Å². The predicted molar refractivity (Wildman–Crippen MR) is 80.8 cm³/mol. The molecular weight excluding hydrogens is 260 g/mol. The van der Waals surface area contributed by atoms with E-state index in [1.807, 2.05) is 17.8 Å². The summed E-state index contributed by atoms with van der Waals surface area (Å²) < 4.78 is 5.06. The summed E-state index contributed by atoms with van der Waals surface area (Å²) in [7, 11) is 0. The second-order valence-corrected chi connectivity index (χ2v) is 5.95. The molecule has 4 nitrogen and oxygen atoms in total. The highest BCUT2D eigenvalue weighted by Crippen LogP contribution is 2.27. The number of ether oxygens (including phenoxy) is 1. The number of benzene rings is 1. The van der Waals surface area contributed by atoms with Gasteiger partial charge >= 0.3 is 5.97 Å². The van der Waals surface area contributed by atoms with Gasteiger partial charge in [-0.05, 0) is 43.7 Å². The van der Waals surface area contributed by atoms with Crippen LogP contribution in [0.4, 0.5) is 11.4 Å². The number of nitrogens with two attached hydrogens (primary N) is 1. The van der Waals surface area contributed by atoms with Gasteiger partial charge in [-0.1, -0.05) is 0 Å². The smallest absolute Gasteiger partial charge is 0.340 e. The molecule has 1 saturated heterocycles. The Labute approximate surface area is 118 Å². The molecule has 19 heavy (non-hydrogen) atoms. The van der Waals surface area contributed by atoms with Crippen LogP contribution < -0.4 is 11.1 Å². The number of rotatable bonds is 5. The summed E-state index contributed by atoms with van der Waals surface area (Å²) in [6, 6.07) is 5.32. The maximum Gasteiger partial charge on any atom is 0.340 e. The van der Waals surface area contributed by atoms with Crippen LogP contribution in [0.5, 0.6) is 0 Å². The molecule has 0 aliphatic carbocycles. The molecule has 0 aromatic heterocycles. The maximum absolute atomic E-state index is 11.9.